The van der Waals surface area contributed by atoms with Crippen molar-refractivity contribution < 1.29 is 9.18 Å². The largest absolute Gasteiger partial charge is 0.296 e. The smallest absolute Gasteiger partial charge is 0.174 e. The highest BCUT2D eigenvalue weighted by atomic mass is 19.1. The number of hydrogen-bond acceptors (Lipinski definition) is 1. The van der Waals surface area contributed by atoms with Crippen molar-refractivity contribution >= 4 is 5.78 Å². The van der Waals surface area contributed by atoms with Gasteiger partial charge in [-0.15, -0.1) is 0 Å². The van der Waals surface area contributed by atoms with Crippen LogP contribution in [0, 0.1) is 41.4 Å². The molecule has 4 saturated carbocycles. The van der Waals surface area contributed by atoms with Crippen LogP contribution in [0.1, 0.15) is 65.2 Å². The topological polar surface area (TPSA) is 17.1 Å². The summed E-state index contributed by atoms with van der Waals surface area (Å²) in [6, 6.07) is 0. The van der Waals surface area contributed by atoms with Gasteiger partial charge in [-0.3, -0.25) is 4.79 Å². The quantitative estimate of drug-likeness (QED) is 0.631. The molecular formula is C19H27FO. The van der Waals surface area contributed by atoms with E-state index in [0.29, 0.717) is 36.0 Å². The lowest BCUT2D eigenvalue weighted by Crippen LogP contribution is -2.63. The number of alkyl halides is 1. The molecule has 4 rings (SSSR count). The van der Waals surface area contributed by atoms with Gasteiger partial charge in [0.05, 0.1) is 0 Å². The van der Waals surface area contributed by atoms with Gasteiger partial charge in [0.2, 0.25) is 0 Å². The zero-order chi connectivity index (χ0) is 14.9. The molecule has 0 heterocycles. The van der Waals surface area contributed by atoms with Crippen LogP contribution in [0.5, 0.6) is 0 Å². The number of carbonyl (C=O) groups excluding carboxylic acids is 1. The van der Waals surface area contributed by atoms with Crippen molar-refractivity contribution in [2.45, 2.75) is 70.9 Å². The number of Topliss-reactive ketones (excluding diaryl/α,β-unsaturated/α-hetero) is 1. The van der Waals surface area contributed by atoms with Gasteiger partial charge in [0.25, 0.3) is 0 Å². The minimum atomic E-state index is -1.57. The van der Waals surface area contributed by atoms with Crippen molar-refractivity contribution in [1.29, 1.82) is 0 Å². The highest BCUT2D eigenvalue weighted by Gasteiger charge is 2.66. The summed E-state index contributed by atoms with van der Waals surface area (Å²) < 4.78 is 15.6. The zero-order valence-electron chi connectivity index (χ0n) is 13.3. The first-order valence-corrected chi connectivity index (χ1v) is 8.79. The minimum absolute atomic E-state index is 0.0849. The summed E-state index contributed by atoms with van der Waals surface area (Å²) >= 11 is 0. The molecule has 116 valence electrons. The van der Waals surface area contributed by atoms with E-state index >= 15 is 4.39 Å². The van der Waals surface area contributed by atoms with Gasteiger partial charge in [0.15, 0.2) is 11.5 Å². The van der Waals surface area contributed by atoms with E-state index in [0.717, 1.165) is 19.3 Å². The lowest BCUT2D eigenvalue weighted by Gasteiger charge is -2.61. The van der Waals surface area contributed by atoms with Crippen LogP contribution in [-0.2, 0) is 4.79 Å². The molecule has 0 aromatic rings. The molecule has 2 radical (unpaired) electrons. The summed E-state index contributed by atoms with van der Waals surface area (Å²) in [5.41, 5.74) is -1.66. The first kappa shape index (κ1) is 14.2. The van der Waals surface area contributed by atoms with E-state index in [-0.39, 0.29) is 5.78 Å². The standard InChI is InChI=1S/C19H27FO/c1-17-8-5-6-14(17)13-12-16(21)19(20)10-4-3-9-18(19,2)15(13)7-11-17/h4,8,13-15H,3,5-7,9-12H2,1-2H3/t13-,14-,15-,17-,18+,19-/m0/s1. The predicted molar refractivity (Wildman–Crippen MR) is 81.1 cm³/mol. The Labute approximate surface area is 128 Å². The molecule has 0 unspecified atom stereocenters. The van der Waals surface area contributed by atoms with Crippen LogP contribution < -0.4 is 0 Å². The third-order valence-corrected chi connectivity index (χ3v) is 7.84. The van der Waals surface area contributed by atoms with Crippen molar-refractivity contribution in [2.24, 2.45) is 28.6 Å². The number of halogens is 1. The Morgan fingerprint density at radius 1 is 1.14 bits per heavy atom. The van der Waals surface area contributed by atoms with Crippen molar-refractivity contribution in [3.63, 3.8) is 0 Å². The molecule has 4 aliphatic carbocycles. The second kappa shape index (κ2) is 4.32. The fourth-order valence-corrected chi connectivity index (χ4v) is 6.52. The fourth-order valence-electron chi connectivity index (χ4n) is 6.52. The van der Waals surface area contributed by atoms with Crippen molar-refractivity contribution in [3.8, 4) is 0 Å². The van der Waals surface area contributed by atoms with Crippen LogP contribution in [0.25, 0.3) is 0 Å². The van der Waals surface area contributed by atoms with E-state index in [2.05, 4.69) is 20.3 Å². The Morgan fingerprint density at radius 2 is 1.95 bits per heavy atom. The normalized spacial score (nSPS) is 56.5. The Kier molecular flexibility index (Phi) is 2.93. The van der Waals surface area contributed by atoms with Crippen molar-refractivity contribution in [1.82, 2.24) is 0 Å². The summed E-state index contributed by atoms with van der Waals surface area (Å²) in [5.74, 6) is 1.38. The molecule has 2 heteroatoms. The maximum absolute atomic E-state index is 15.6. The van der Waals surface area contributed by atoms with E-state index < -0.39 is 11.1 Å². The monoisotopic (exact) mass is 290 g/mol. The molecule has 0 aromatic heterocycles. The van der Waals surface area contributed by atoms with Crippen LogP contribution in [0.4, 0.5) is 4.39 Å². The van der Waals surface area contributed by atoms with Gasteiger partial charge in [-0.25, -0.2) is 4.39 Å². The van der Waals surface area contributed by atoms with Crippen LogP contribution in [0.2, 0.25) is 0 Å². The van der Waals surface area contributed by atoms with Gasteiger partial charge in [-0.2, -0.15) is 0 Å². The van der Waals surface area contributed by atoms with Crippen molar-refractivity contribution in [3.05, 3.63) is 12.8 Å². The lowest BCUT2D eigenvalue weighted by atomic mass is 9.44. The van der Waals surface area contributed by atoms with Gasteiger partial charge >= 0.3 is 0 Å². The molecule has 4 fully saturated rings. The van der Waals surface area contributed by atoms with Gasteiger partial charge in [-0.05, 0) is 81.0 Å². The van der Waals surface area contributed by atoms with Crippen LogP contribution in [0.15, 0.2) is 0 Å². The van der Waals surface area contributed by atoms with E-state index in [9.17, 15) is 4.79 Å². The Bertz CT molecular complexity index is 474. The number of hydrogen-bond donors (Lipinski definition) is 0. The van der Waals surface area contributed by atoms with Gasteiger partial charge in [-0.1, -0.05) is 13.8 Å². The molecule has 0 saturated heterocycles. The third-order valence-electron chi connectivity index (χ3n) is 7.84. The molecule has 6 atom stereocenters. The number of ketones is 1. The zero-order valence-corrected chi connectivity index (χ0v) is 13.3. The fraction of sp³-hybridized carbons (Fsp3) is 0.842. The van der Waals surface area contributed by atoms with Crippen LogP contribution in [-0.4, -0.2) is 11.5 Å². The first-order valence-electron chi connectivity index (χ1n) is 8.79. The summed E-state index contributed by atoms with van der Waals surface area (Å²) in [4.78, 5) is 12.7. The van der Waals surface area contributed by atoms with Crippen LogP contribution in [0.3, 0.4) is 0 Å². The molecule has 0 aromatic carbocycles. The number of fused-ring (bicyclic) bond motifs is 5. The highest BCUT2D eigenvalue weighted by Crippen LogP contribution is 2.66. The summed E-state index contributed by atoms with van der Waals surface area (Å²) in [6.07, 6.45) is 11.9. The average molecular weight is 290 g/mol. The maximum Gasteiger partial charge on any atom is 0.174 e. The van der Waals surface area contributed by atoms with Gasteiger partial charge in [0, 0.05) is 11.8 Å². The molecule has 0 aliphatic heterocycles. The Hall–Kier alpha value is -0.400. The van der Waals surface area contributed by atoms with Gasteiger partial charge in [0.1, 0.15) is 0 Å². The average Bonchev–Trinajstić information content (AvgIpc) is 2.83. The SMILES string of the molecule is C[C@@]12[CH]CC[C@H]1[C@@H]1CC(=O)[C@@]3(F)C[CH]CC[C@]3(C)[C@H]1CC2. The van der Waals surface area contributed by atoms with E-state index in [1.54, 1.807) is 0 Å². The Balaban J connectivity index is 1.74. The molecular weight excluding hydrogens is 263 g/mol. The molecule has 0 spiro atoms. The molecule has 21 heavy (non-hydrogen) atoms. The molecule has 0 N–H and O–H groups in total. The molecule has 0 amide bonds. The third kappa shape index (κ3) is 1.65. The second-order valence-corrected chi connectivity index (χ2v) is 8.58. The summed E-state index contributed by atoms with van der Waals surface area (Å²) in [6.45, 7) is 4.47. The Morgan fingerprint density at radius 3 is 2.76 bits per heavy atom. The van der Waals surface area contributed by atoms with Crippen LogP contribution >= 0.6 is 0 Å². The first-order chi connectivity index (χ1) is 9.91. The molecule has 0 bridgehead atoms. The predicted octanol–water partition coefficient (Wildman–Crippen LogP) is 4.71. The minimum Gasteiger partial charge on any atom is -0.296 e. The number of rotatable bonds is 0. The summed E-state index contributed by atoms with van der Waals surface area (Å²) in [5, 5.41) is 0. The molecule has 4 aliphatic rings. The van der Waals surface area contributed by atoms with Crippen molar-refractivity contribution in [2.75, 3.05) is 0 Å². The lowest BCUT2D eigenvalue weighted by molar-refractivity contribution is -0.175. The number of carbonyl (C=O) groups is 1. The van der Waals surface area contributed by atoms with Gasteiger partial charge < -0.3 is 0 Å². The van der Waals surface area contributed by atoms with E-state index in [1.807, 2.05) is 6.42 Å². The highest BCUT2D eigenvalue weighted by molar-refractivity contribution is 5.90. The second-order valence-electron chi connectivity index (χ2n) is 8.58. The van der Waals surface area contributed by atoms with E-state index in [1.165, 1.54) is 19.3 Å². The van der Waals surface area contributed by atoms with E-state index in [4.69, 9.17) is 0 Å². The molecule has 1 nitrogen and oxygen atoms in total. The summed E-state index contributed by atoms with van der Waals surface area (Å²) in [7, 11) is 0. The maximum atomic E-state index is 15.6.